The Balaban J connectivity index is 2.63. The van der Waals surface area contributed by atoms with Gasteiger partial charge in [0.25, 0.3) is 0 Å². The first-order chi connectivity index (χ1) is 8.28. The highest BCUT2D eigenvalue weighted by molar-refractivity contribution is 9.10. The van der Waals surface area contributed by atoms with Gasteiger partial charge in [0.1, 0.15) is 0 Å². The van der Waals surface area contributed by atoms with Crippen LogP contribution in [0.1, 0.15) is 18.4 Å². The van der Waals surface area contributed by atoms with Gasteiger partial charge in [-0.15, -0.1) is 0 Å². The molecule has 1 aromatic rings. The normalized spacial score (nSPS) is 13.3. The molecular weight excluding hydrogens is 313 g/mol. The molecule has 0 saturated carbocycles. The molecule has 6 heteroatoms. The molecule has 0 bridgehead atoms. The minimum absolute atomic E-state index is 0.110. The molecule has 1 unspecified atom stereocenters. The smallest absolute Gasteiger partial charge is 0.389 e. The van der Waals surface area contributed by atoms with Gasteiger partial charge in [0.2, 0.25) is 0 Å². The maximum absolute atomic E-state index is 12.1. The lowest BCUT2D eigenvalue weighted by molar-refractivity contribution is -0.148. The molecule has 0 radical (unpaired) electrons. The zero-order chi connectivity index (χ0) is 13.8. The Morgan fingerprint density at radius 2 is 1.83 bits per heavy atom. The predicted octanol–water partition coefficient (Wildman–Crippen LogP) is 4.03. The molecule has 100 valence electrons. The molecule has 1 rings (SSSR count). The van der Waals surface area contributed by atoms with Crippen LogP contribution in [0.2, 0.25) is 0 Å². The fourth-order valence-corrected chi connectivity index (χ4v) is 1.82. The zero-order valence-corrected chi connectivity index (χ0v) is 11.0. The largest absolute Gasteiger partial charge is 0.481 e. The lowest BCUT2D eigenvalue weighted by Crippen LogP contribution is -2.20. The van der Waals surface area contributed by atoms with Crippen molar-refractivity contribution in [1.29, 1.82) is 0 Å². The summed E-state index contributed by atoms with van der Waals surface area (Å²) in [4.78, 5) is 10.9. The maximum Gasteiger partial charge on any atom is 0.389 e. The zero-order valence-electron chi connectivity index (χ0n) is 9.38. The van der Waals surface area contributed by atoms with Crippen molar-refractivity contribution in [2.24, 2.45) is 5.92 Å². The van der Waals surface area contributed by atoms with Crippen molar-refractivity contribution in [2.75, 3.05) is 0 Å². The molecule has 0 aliphatic carbocycles. The van der Waals surface area contributed by atoms with Crippen LogP contribution in [0, 0.1) is 5.92 Å². The highest BCUT2D eigenvalue weighted by Crippen LogP contribution is 2.26. The summed E-state index contributed by atoms with van der Waals surface area (Å²) in [6, 6.07) is 6.87. The number of carboxylic acids is 1. The van der Waals surface area contributed by atoms with Crippen molar-refractivity contribution in [1.82, 2.24) is 0 Å². The third-order valence-electron chi connectivity index (χ3n) is 2.52. The first kappa shape index (κ1) is 15.0. The standard InChI is InChI=1S/C12H12BrF3O2/c13-10-3-1-8(2-4-10)7-9(11(17)18)5-6-12(14,15)16/h1-4,9H,5-7H2,(H,17,18). The monoisotopic (exact) mass is 324 g/mol. The van der Waals surface area contributed by atoms with E-state index in [9.17, 15) is 18.0 Å². The van der Waals surface area contributed by atoms with E-state index in [0.29, 0.717) is 5.56 Å². The molecule has 0 fully saturated rings. The van der Waals surface area contributed by atoms with Gasteiger partial charge in [0.15, 0.2) is 0 Å². The van der Waals surface area contributed by atoms with E-state index in [1.807, 2.05) is 0 Å². The Hall–Kier alpha value is -1.04. The summed E-state index contributed by atoms with van der Waals surface area (Å²) in [6.45, 7) is 0. The van der Waals surface area contributed by atoms with Gasteiger partial charge >= 0.3 is 12.1 Å². The molecule has 0 heterocycles. The van der Waals surface area contributed by atoms with Gasteiger partial charge in [-0.05, 0) is 30.5 Å². The van der Waals surface area contributed by atoms with Gasteiger partial charge in [0.05, 0.1) is 5.92 Å². The first-order valence-corrected chi connectivity index (χ1v) is 6.11. The van der Waals surface area contributed by atoms with Crippen LogP contribution in [0.3, 0.4) is 0 Å². The number of halogens is 4. The molecular formula is C12H12BrF3O2. The van der Waals surface area contributed by atoms with Gasteiger partial charge in [-0.2, -0.15) is 13.2 Å². The van der Waals surface area contributed by atoms with E-state index < -0.39 is 30.9 Å². The highest BCUT2D eigenvalue weighted by Gasteiger charge is 2.30. The Morgan fingerprint density at radius 1 is 1.28 bits per heavy atom. The Bertz CT molecular complexity index is 401. The molecule has 1 atom stereocenters. The average molecular weight is 325 g/mol. The number of hydrogen-bond donors (Lipinski definition) is 1. The van der Waals surface area contributed by atoms with E-state index in [0.717, 1.165) is 4.47 Å². The summed E-state index contributed by atoms with van der Waals surface area (Å²) in [6.07, 6.45) is -5.67. The van der Waals surface area contributed by atoms with Crippen molar-refractivity contribution in [3.05, 3.63) is 34.3 Å². The number of alkyl halides is 3. The summed E-state index contributed by atoms with van der Waals surface area (Å²) in [5, 5.41) is 8.91. The second-order valence-electron chi connectivity index (χ2n) is 4.02. The van der Waals surface area contributed by atoms with E-state index >= 15 is 0 Å². The highest BCUT2D eigenvalue weighted by atomic mass is 79.9. The first-order valence-electron chi connectivity index (χ1n) is 5.32. The maximum atomic E-state index is 12.1. The minimum Gasteiger partial charge on any atom is -0.481 e. The van der Waals surface area contributed by atoms with Crippen LogP contribution in [-0.4, -0.2) is 17.3 Å². The SMILES string of the molecule is O=C(O)C(CCC(F)(F)F)Cc1ccc(Br)cc1. The van der Waals surface area contributed by atoms with E-state index in [-0.39, 0.29) is 6.42 Å². The van der Waals surface area contributed by atoms with Crippen LogP contribution < -0.4 is 0 Å². The quantitative estimate of drug-likeness (QED) is 0.887. The van der Waals surface area contributed by atoms with Gasteiger partial charge in [-0.3, -0.25) is 4.79 Å². The molecule has 0 amide bonds. The Kier molecular flexibility index (Phi) is 5.19. The van der Waals surface area contributed by atoms with Gasteiger partial charge in [-0.1, -0.05) is 28.1 Å². The van der Waals surface area contributed by atoms with Crippen LogP contribution in [-0.2, 0) is 11.2 Å². The molecule has 2 nitrogen and oxygen atoms in total. The molecule has 0 aliphatic rings. The lowest BCUT2D eigenvalue weighted by atomic mass is 9.95. The Morgan fingerprint density at radius 3 is 2.28 bits per heavy atom. The van der Waals surface area contributed by atoms with Crippen LogP contribution in [0.15, 0.2) is 28.7 Å². The number of benzene rings is 1. The third-order valence-corrected chi connectivity index (χ3v) is 3.05. The molecule has 0 saturated heterocycles. The summed E-state index contributed by atoms with van der Waals surface area (Å²) in [7, 11) is 0. The van der Waals surface area contributed by atoms with Crippen LogP contribution in [0.5, 0.6) is 0 Å². The number of hydrogen-bond acceptors (Lipinski definition) is 1. The van der Waals surface area contributed by atoms with Crippen LogP contribution >= 0.6 is 15.9 Å². The van der Waals surface area contributed by atoms with E-state index in [2.05, 4.69) is 15.9 Å². The van der Waals surface area contributed by atoms with Crippen LogP contribution in [0.4, 0.5) is 13.2 Å². The molecule has 0 aliphatic heterocycles. The molecule has 1 N–H and O–H groups in total. The van der Waals surface area contributed by atoms with Crippen molar-refractivity contribution in [3.63, 3.8) is 0 Å². The third kappa shape index (κ3) is 5.53. The van der Waals surface area contributed by atoms with E-state index in [1.165, 1.54) is 0 Å². The van der Waals surface area contributed by atoms with E-state index in [4.69, 9.17) is 5.11 Å². The number of carboxylic acid groups (broad SMARTS) is 1. The number of aliphatic carboxylic acids is 1. The summed E-state index contributed by atoms with van der Waals surface area (Å²) >= 11 is 3.23. The van der Waals surface area contributed by atoms with Crippen molar-refractivity contribution >= 4 is 21.9 Å². The Labute approximate surface area is 111 Å². The number of carbonyl (C=O) groups is 1. The molecule has 0 aromatic heterocycles. The fourth-order valence-electron chi connectivity index (χ4n) is 1.56. The summed E-state index contributed by atoms with van der Waals surface area (Å²) < 4.78 is 37.1. The van der Waals surface area contributed by atoms with Crippen LogP contribution in [0.25, 0.3) is 0 Å². The molecule has 18 heavy (non-hydrogen) atoms. The minimum atomic E-state index is -4.31. The lowest BCUT2D eigenvalue weighted by Gasteiger charge is -2.13. The molecule has 0 spiro atoms. The fraction of sp³-hybridized carbons (Fsp3) is 0.417. The topological polar surface area (TPSA) is 37.3 Å². The summed E-state index contributed by atoms with van der Waals surface area (Å²) in [5.74, 6) is -2.20. The van der Waals surface area contributed by atoms with Gasteiger partial charge in [-0.25, -0.2) is 0 Å². The summed E-state index contributed by atoms with van der Waals surface area (Å²) in [5.41, 5.74) is 0.716. The van der Waals surface area contributed by atoms with Gasteiger partial charge in [0, 0.05) is 10.9 Å². The van der Waals surface area contributed by atoms with Crippen molar-refractivity contribution in [3.8, 4) is 0 Å². The number of rotatable bonds is 5. The van der Waals surface area contributed by atoms with E-state index in [1.54, 1.807) is 24.3 Å². The van der Waals surface area contributed by atoms with Crippen molar-refractivity contribution < 1.29 is 23.1 Å². The van der Waals surface area contributed by atoms with Gasteiger partial charge < -0.3 is 5.11 Å². The van der Waals surface area contributed by atoms with Crippen molar-refractivity contribution in [2.45, 2.75) is 25.4 Å². The molecule has 1 aromatic carbocycles. The average Bonchev–Trinajstić information content (AvgIpc) is 2.25. The predicted molar refractivity (Wildman–Crippen MR) is 64.3 cm³/mol. The second-order valence-corrected chi connectivity index (χ2v) is 4.94. The second kappa shape index (κ2) is 6.22.